The SMILES string of the molecule is CN=C(NCCCOCC1CCCO1)NCC(C)CN1CCCC1. The Labute approximate surface area is 147 Å². The highest BCUT2D eigenvalue weighted by molar-refractivity contribution is 5.79. The quantitative estimate of drug-likeness (QED) is 0.358. The van der Waals surface area contributed by atoms with Crippen molar-refractivity contribution in [3.63, 3.8) is 0 Å². The Bertz CT molecular complexity index is 353. The van der Waals surface area contributed by atoms with Gasteiger partial charge in [-0.15, -0.1) is 0 Å². The Morgan fingerprint density at radius 2 is 2.12 bits per heavy atom. The first-order chi connectivity index (χ1) is 11.8. The standard InChI is InChI=1S/C18H36N4O2/c1-16(14-22-9-3-4-10-22)13-21-18(19-2)20-8-6-11-23-15-17-7-5-12-24-17/h16-17H,3-15H2,1-2H3,(H2,19,20,21). The van der Waals surface area contributed by atoms with Gasteiger partial charge in [0.25, 0.3) is 0 Å². The predicted molar refractivity (Wildman–Crippen MR) is 98.6 cm³/mol. The van der Waals surface area contributed by atoms with E-state index in [1.165, 1.54) is 38.9 Å². The number of hydrogen-bond acceptors (Lipinski definition) is 4. The Hall–Kier alpha value is -0.850. The van der Waals surface area contributed by atoms with Gasteiger partial charge in [-0.3, -0.25) is 4.99 Å². The van der Waals surface area contributed by atoms with E-state index in [2.05, 4.69) is 27.4 Å². The molecule has 0 bridgehead atoms. The van der Waals surface area contributed by atoms with E-state index in [0.717, 1.165) is 51.7 Å². The molecule has 140 valence electrons. The molecule has 0 aromatic rings. The van der Waals surface area contributed by atoms with E-state index >= 15 is 0 Å². The maximum atomic E-state index is 5.67. The fourth-order valence-electron chi connectivity index (χ4n) is 3.33. The highest BCUT2D eigenvalue weighted by atomic mass is 16.5. The third-order valence-electron chi connectivity index (χ3n) is 4.70. The Balaban J connectivity index is 1.45. The molecule has 6 nitrogen and oxygen atoms in total. The summed E-state index contributed by atoms with van der Waals surface area (Å²) >= 11 is 0. The summed E-state index contributed by atoms with van der Waals surface area (Å²) in [6, 6.07) is 0. The van der Waals surface area contributed by atoms with Crippen LogP contribution in [0.1, 0.15) is 39.0 Å². The summed E-state index contributed by atoms with van der Waals surface area (Å²) in [7, 11) is 1.83. The van der Waals surface area contributed by atoms with E-state index in [0.29, 0.717) is 12.0 Å². The lowest BCUT2D eigenvalue weighted by Gasteiger charge is -2.21. The highest BCUT2D eigenvalue weighted by Gasteiger charge is 2.15. The van der Waals surface area contributed by atoms with Crippen LogP contribution >= 0.6 is 0 Å². The van der Waals surface area contributed by atoms with Crippen LogP contribution in [0.15, 0.2) is 4.99 Å². The second-order valence-electron chi connectivity index (χ2n) is 7.06. The van der Waals surface area contributed by atoms with Gasteiger partial charge in [0.2, 0.25) is 0 Å². The molecule has 2 heterocycles. The number of nitrogens with zero attached hydrogens (tertiary/aromatic N) is 2. The molecular formula is C18H36N4O2. The van der Waals surface area contributed by atoms with E-state index in [-0.39, 0.29) is 0 Å². The van der Waals surface area contributed by atoms with Gasteiger partial charge in [-0.1, -0.05) is 6.92 Å². The molecule has 0 aliphatic carbocycles. The zero-order valence-electron chi connectivity index (χ0n) is 15.6. The lowest BCUT2D eigenvalue weighted by Crippen LogP contribution is -2.41. The van der Waals surface area contributed by atoms with Gasteiger partial charge in [-0.25, -0.2) is 0 Å². The van der Waals surface area contributed by atoms with Crippen LogP contribution in [0, 0.1) is 5.92 Å². The van der Waals surface area contributed by atoms with Gasteiger partial charge in [-0.2, -0.15) is 0 Å². The van der Waals surface area contributed by atoms with E-state index in [4.69, 9.17) is 9.47 Å². The molecule has 2 atom stereocenters. The van der Waals surface area contributed by atoms with Crippen LogP contribution in [-0.4, -0.2) is 76.6 Å². The molecule has 0 aromatic carbocycles. The Kier molecular flexibility index (Phi) is 9.46. The van der Waals surface area contributed by atoms with Crippen molar-refractivity contribution in [2.45, 2.75) is 45.1 Å². The fraction of sp³-hybridized carbons (Fsp3) is 0.944. The maximum Gasteiger partial charge on any atom is 0.190 e. The molecule has 0 saturated carbocycles. The normalized spacial score (nSPS) is 23.6. The van der Waals surface area contributed by atoms with E-state index in [9.17, 15) is 0 Å². The smallest absolute Gasteiger partial charge is 0.190 e. The molecule has 2 unspecified atom stereocenters. The molecule has 0 spiro atoms. The minimum Gasteiger partial charge on any atom is -0.379 e. The lowest BCUT2D eigenvalue weighted by molar-refractivity contribution is 0.0168. The minimum absolute atomic E-state index is 0.324. The highest BCUT2D eigenvalue weighted by Crippen LogP contribution is 2.12. The van der Waals surface area contributed by atoms with Crippen LogP contribution in [0.2, 0.25) is 0 Å². The number of aliphatic imine (C=N–C) groups is 1. The molecule has 2 fully saturated rings. The third-order valence-corrected chi connectivity index (χ3v) is 4.70. The second-order valence-corrected chi connectivity index (χ2v) is 7.06. The van der Waals surface area contributed by atoms with Gasteiger partial charge < -0.3 is 25.0 Å². The van der Waals surface area contributed by atoms with Gasteiger partial charge in [0.05, 0.1) is 12.7 Å². The average molecular weight is 341 g/mol. The van der Waals surface area contributed by atoms with Crippen molar-refractivity contribution in [2.75, 3.05) is 59.6 Å². The van der Waals surface area contributed by atoms with Crippen molar-refractivity contribution in [2.24, 2.45) is 10.9 Å². The van der Waals surface area contributed by atoms with Crippen LogP contribution in [0.25, 0.3) is 0 Å². The monoisotopic (exact) mass is 340 g/mol. The summed E-state index contributed by atoms with van der Waals surface area (Å²) in [6.07, 6.45) is 6.34. The molecule has 2 N–H and O–H groups in total. The van der Waals surface area contributed by atoms with Crippen molar-refractivity contribution in [1.29, 1.82) is 0 Å². The molecule has 2 aliphatic heterocycles. The summed E-state index contributed by atoms with van der Waals surface area (Å²) in [6.45, 7) is 10.3. The molecule has 2 rings (SSSR count). The zero-order chi connectivity index (χ0) is 17.0. The van der Waals surface area contributed by atoms with E-state index in [1.54, 1.807) is 0 Å². The van der Waals surface area contributed by atoms with Gasteiger partial charge in [0.1, 0.15) is 0 Å². The van der Waals surface area contributed by atoms with Crippen LogP contribution in [-0.2, 0) is 9.47 Å². The first kappa shape index (κ1) is 19.5. The fourth-order valence-corrected chi connectivity index (χ4v) is 3.33. The first-order valence-electron chi connectivity index (χ1n) is 9.64. The summed E-state index contributed by atoms with van der Waals surface area (Å²) < 4.78 is 11.2. The molecule has 6 heteroatoms. The van der Waals surface area contributed by atoms with Crippen molar-refractivity contribution >= 4 is 5.96 Å². The molecule has 0 aromatic heterocycles. The van der Waals surface area contributed by atoms with Gasteiger partial charge in [0.15, 0.2) is 5.96 Å². The molecule has 24 heavy (non-hydrogen) atoms. The molecule has 2 saturated heterocycles. The topological polar surface area (TPSA) is 58.1 Å². The van der Waals surface area contributed by atoms with Crippen LogP contribution in [0.5, 0.6) is 0 Å². The van der Waals surface area contributed by atoms with Crippen molar-refractivity contribution in [1.82, 2.24) is 15.5 Å². The van der Waals surface area contributed by atoms with Gasteiger partial charge in [0, 0.05) is 39.9 Å². The summed E-state index contributed by atoms with van der Waals surface area (Å²) in [5.41, 5.74) is 0. The maximum absolute atomic E-state index is 5.67. The zero-order valence-corrected chi connectivity index (χ0v) is 15.6. The number of guanidine groups is 1. The predicted octanol–water partition coefficient (Wildman–Crippen LogP) is 1.47. The molecule has 0 amide bonds. The second kappa shape index (κ2) is 11.7. The number of likely N-dealkylation sites (tertiary alicyclic amines) is 1. The van der Waals surface area contributed by atoms with Crippen LogP contribution < -0.4 is 10.6 Å². The Morgan fingerprint density at radius 3 is 2.83 bits per heavy atom. The molecule has 2 aliphatic rings. The van der Waals surface area contributed by atoms with E-state index < -0.39 is 0 Å². The van der Waals surface area contributed by atoms with Crippen molar-refractivity contribution in [3.8, 4) is 0 Å². The van der Waals surface area contributed by atoms with E-state index in [1.807, 2.05) is 7.05 Å². The lowest BCUT2D eigenvalue weighted by atomic mass is 10.1. The van der Waals surface area contributed by atoms with Crippen LogP contribution in [0.3, 0.4) is 0 Å². The molecular weight excluding hydrogens is 304 g/mol. The molecule has 0 radical (unpaired) electrons. The van der Waals surface area contributed by atoms with Gasteiger partial charge in [-0.05, 0) is 51.1 Å². The first-order valence-corrected chi connectivity index (χ1v) is 9.64. The summed E-state index contributed by atoms with van der Waals surface area (Å²) in [5, 5.41) is 6.79. The summed E-state index contributed by atoms with van der Waals surface area (Å²) in [5.74, 6) is 1.53. The number of hydrogen-bond donors (Lipinski definition) is 2. The van der Waals surface area contributed by atoms with Crippen molar-refractivity contribution < 1.29 is 9.47 Å². The van der Waals surface area contributed by atoms with Crippen LogP contribution in [0.4, 0.5) is 0 Å². The third kappa shape index (κ3) is 7.81. The number of nitrogens with one attached hydrogen (secondary N) is 2. The Morgan fingerprint density at radius 1 is 1.29 bits per heavy atom. The van der Waals surface area contributed by atoms with Gasteiger partial charge >= 0.3 is 0 Å². The minimum atomic E-state index is 0.324. The number of ether oxygens (including phenoxy) is 2. The van der Waals surface area contributed by atoms with Crippen molar-refractivity contribution in [3.05, 3.63) is 0 Å². The summed E-state index contributed by atoms with van der Waals surface area (Å²) in [4.78, 5) is 6.86. The average Bonchev–Trinajstić information content (AvgIpc) is 3.27. The number of rotatable bonds is 10. The largest absolute Gasteiger partial charge is 0.379 e.